The van der Waals surface area contributed by atoms with E-state index in [1.807, 2.05) is 5.38 Å². The standard InChI is InChI=1S/C17H18N6O2S/c24-15-8-13(20-17-23(15)6-7-26-17)11-22-5-1-2-12(10-22)16(25)21-14-9-18-3-4-19-14/h3-4,6-9,12H,1-2,5,10-11H2,(H,19,21,25). The van der Waals surface area contributed by atoms with E-state index >= 15 is 0 Å². The molecule has 1 unspecified atom stereocenters. The Hall–Kier alpha value is -2.65. The summed E-state index contributed by atoms with van der Waals surface area (Å²) in [5, 5.41) is 4.67. The molecule has 1 saturated heterocycles. The lowest BCUT2D eigenvalue weighted by Gasteiger charge is -2.31. The van der Waals surface area contributed by atoms with Gasteiger partial charge in [0, 0.05) is 43.1 Å². The number of nitrogens with zero attached hydrogens (tertiary/aromatic N) is 5. The van der Waals surface area contributed by atoms with Gasteiger partial charge in [0.25, 0.3) is 5.56 Å². The molecule has 0 aromatic carbocycles. The highest BCUT2D eigenvalue weighted by Gasteiger charge is 2.26. The fourth-order valence-electron chi connectivity index (χ4n) is 3.20. The van der Waals surface area contributed by atoms with Crippen LogP contribution in [0.3, 0.4) is 0 Å². The first-order valence-corrected chi connectivity index (χ1v) is 9.32. The molecule has 3 aromatic heterocycles. The highest BCUT2D eigenvalue weighted by atomic mass is 32.1. The van der Waals surface area contributed by atoms with Crippen LogP contribution in [0.5, 0.6) is 0 Å². The highest BCUT2D eigenvalue weighted by molar-refractivity contribution is 7.15. The van der Waals surface area contributed by atoms with Crippen LogP contribution < -0.4 is 10.9 Å². The topological polar surface area (TPSA) is 92.5 Å². The average molecular weight is 370 g/mol. The molecule has 0 radical (unpaired) electrons. The molecule has 8 nitrogen and oxygen atoms in total. The van der Waals surface area contributed by atoms with Crippen LogP contribution in [0.25, 0.3) is 4.96 Å². The van der Waals surface area contributed by atoms with Crippen molar-refractivity contribution < 1.29 is 4.79 Å². The predicted molar refractivity (Wildman–Crippen MR) is 98.0 cm³/mol. The van der Waals surface area contributed by atoms with Gasteiger partial charge < -0.3 is 5.32 Å². The Balaban J connectivity index is 1.42. The number of thiazole rings is 1. The summed E-state index contributed by atoms with van der Waals surface area (Å²) in [5.41, 5.74) is 0.674. The van der Waals surface area contributed by atoms with Crippen molar-refractivity contribution in [3.8, 4) is 0 Å². The van der Waals surface area contributed by atoms with E-state index in [9.17, 15) is 9.59 Å². The number of likely N-dealkylation sites (tertiary alicyclic amines) is 1. The molecule has 1 aliphatic rings. The Morgan fingerprint density at radius 2 is 2.31 bits per heavy atom. The molecule has 0 bridgehead atoms. The second kappa shape index (κ2) is 7.30. The van der Waals surface area contributed by atoms with Gasteiger partial charge in [0.05, 0.1) is 17.8 Å². The number of nitrogens with one attached hydrogen (secondary N) is 1. The zero-order valence-electron chi connectivity index (χ0n) is 14.0. The van der Waals surface area contributed by atoms with E-state index in [1.165, 1.54) is 17.5 Å². The number of amides is 1. The van der Waals surface area contributed by atoms with E-state index in [0.717, 1.165) is 25.1 Å². The molecular weight excluding hydrogens is 352 g/mol. The average Bonchev–Trinajstić information content (AvgIpc) is 3.12. The van der Waals surface area contributed by atoms with Gasteiger partial charge in [-0.1, -0.05) is 0 Å². The van der Waals surface area contributed by atoms with E-state index in [2.05, 4.69) is 25.2 Å². The summed E-state index contributed by atoms with van der Waals surface area (Å²) in [4.78, 5) is 40.1. The fraction of sp³-hybridized carbons (Fsp3) is 0.353. The first-order valence-electron chi connectivity index (χ1n) is 8.44. The van der Waals surface area contributed by atoms with Crippen LogP contribution in [-0.2, 0) is 11.3 Å². The van der Waals surface area contributed by atoms with Gasteiger partial charge in [-0.05, 0) is 19.4 Å². The summed E-state index contributed by atoms with van der Waals surface area (Å²) in [6.45, 7) is 2.09. The summed E-state index contributed by atoms with van der Waals surface area (Å²) in [5.74, 6) is 0.307. The number of carbonyl (C=O) groups excluding carboxylic acids is 1. The molecule has 1 N–H and O–H groups in total. The fourth-order valence-corrected chi connectivity index (χ4v) is 3.94. The van der Waals surface area contributed by atoms with Gasteiger partial charge in [-0.3, -0.25) is 23.9 Å². The summed E-state index contributed by atoms with van der Waals surface area (Å²) < 4.78 is 1.54. The first kappa shape index (κ1) is 16.8. The zero-order chi connectivity index (χ0) is 17.9. The second-order valence-electron chi connectivity index (χ2n) is 6.30. The molecule has 9 heteroatoms. The van der Waals surface area contributed by atoms with E-state index < -0.39 is 0 Å². The van der Waals surface area contributed by atoms with Gasteiger partial charge >= 0.3 is 0 Å². The van der Waals surface area contributed by atoms with Crippen LogP contribution in [0, 0.1) is 5.92 Å². The maximum Gasteiger partial charge on any atom is 0.258 e. The Morgan fingerprint density at radius 3 is 3.15 bits per heavy atom. The second-order valence-corrected chi connectivity index (χ2v) is 7.17. The van der Waals surface area contributed by atoms with Crippen molar-refractivity contribution in [1.29, 1.82) is 0 Å². The number of hydrogen-bond acceptors (Lipinski definition) is 7. The molecule has 4 heterocycles. The van der Waals surface area contributed by atoms with Crippen LogP contribution in [0.1, 0.15) is 18.5 Å². The Kier molecular flexibility index (Phi) is 4.72. The number of hydrogen-bond donors (Lipinski definition) is 1. The van der Waals surface area contributed by atoms with Gasteiger partial charge in [-0.2, -0.15) is 0 Å². The summed E-state index contributed by atoms with van der Waals surface area (Å²) in [7, 11) is 0. The molecule has 0 aliphatic carbocycles. The summed E-state index contributed by atoms with van der Waals surface area (Å²) in [6, 6.07) is 1.57. The lowest BCUT2D eigenvalue weighted by Crippen LogP contribution is -2.40. The molecule has 0 spiro atoms. The Bertz CT molecular complexity index is 970. The third-order valence-electron chi connectivity index (χ3n) is 4.43. The van der Waals surface area contributed by atoms with Crippen LogP contribution in [-0.4, -0.2) is 43.2 Å². The molecule has 26 heavy (non-hydrogen) atoms. The maximum atomic E-state index is 12.5. The molecule has 1 amide bonds. The van der Waals surface area contributed by atoms with Crippen LogP contribution >= 0.6 is 11.3 Å². The summed E-state index contributed by atoms with van der Waals surface area (Å²) in [6.07, 6.45) is 8.14. The van der Waals surface area contributed by atoms with Crippen molar-refractivity contribution in [2.45, 2.75) is 19.4 Å². The highest BCUT2D eigenvalue weighted by Crippen LogP contribution is 2.20. The number of rotatable bonds is 4. The number of piperidine rings is 1. The smallest absolute Gasteiger partial charge is 0.258 e. The van der Waals surface area contributed by atoms with Crippen LogP contribution in [0.4, 0.5) is 5.82 Å². The van der Waals surface area contributed by atoms with E-state index in [1.54, 1.807) is 29.1 Å². The lowest BCUT2D eigenvalue weighted by atomic mass is 9.97. The third-order valence-corrected chi connectivity index (χ3v) is 5.19. The quantitative estimate of drug-likeness (QED) is 0.746. The largest absolute Gasteiger partial charge is 0.309 e. The van der Waals surface area contributed by atoms with E-state index in [0.29, 0.717) is 23.9 Å². The van der Waals surface area contributed by atoms with Crippen molar-refractivity contribution in [2.24, 2.45) is 5.92 Å². The molecular formula is C17H18N6O2S. The van der Waals surface area contributed by atoms with Gasteiger partial charge in [0.2, 0.25) is 5.91 Å². The minimum absolute atomic E-state index is 0.0445. The third kappa shape index (κ3) is 3.63. The first-order chi connectivity index (χ1) is 12.7. The summed E-state index contributed by atoms with van der Waals surface area (Å²) >= 11 is 1.44. The van der Waals surface area contributed by atoms with Crippen LogP contribution in [0.15, 0.2) is 41.0 Å². The number of carbonyl (C=O) groups is 1. The SMILES string of the molecule is O=C(Nc1cnccn1)C1CCCN(Cc2cc(=O)n3ccsc3n2)C1. The monoisotopic (exact) mass is 370 g/mol. The van der Waals surface area contributed by atoms with Gasteiger partial charge in [0.1, 0.15) is 0 Å². The molecule has 134 valence electrons. The van der Waals surface area contributed by atoms with Crippen molar-refractivity contribution >= 4 is 28.0 Å². The van der Waals surface area contributed by atoms with Crippen molar-refractivity contribution in [3.63, 3.8) is 0 Å². The molecule has 0 saturated carbocycles. The Labute approximate surface area is 153 Å². The van der Waals surface area contributed by atoms with Gasteiger partial charge in [-0.25, -0.2) is 9.97 Å². The molecule has 1 aliphatic heterocycles. The molecule has 1 fully saturated rings. The normalized spacial score (nSPS) is 18.1. The molecule has 3 aromatic rings. The zero-order valence-corrected chi connectivity index (χ0v) is 14.9. The number of anilines is 1. The van der Waals surface area contributed by atoms with E-state index in [4.69, 9.17) is 0 Å². The van der Waals surface area contributed by atoms with Gasteiger partial charge in [-0.15, -0.1) is 11.3 Å². The molecule has 1 atom stereocenters. The Morgan fingerprint density at radius 1 is 1.38 bits per heavy atom. The number of aromatic nitrogens is 4. The van der Waals surface area contributed by atoms with Crippen molar-refractivity contribution in [3.05, 3.63) is 52.3 Å². The van der Waals surface area contributed by atoms with Crippen molar-refractivity contribution in [2.75, 3.05) is 18.4 Å². The van der Waals surface area contributed by atoms with Crippen molar-refractivity contribution in [1.82, 2.24) is 24.3 Å². The lowest BCUT2D eigenvalue weighted by molar-refractivity contribution is -0.121. The van der Waals surface area contributed by atoms with Crippen LogP contribution in [0.2, 0.25) is 0 Å². The van der Waals surface area contributed by atoms with E-state index in [-0.39, 0.29) is 17.4 Å². The maximum absolute atomic E-state index is 12.5. The number of fused-ring (bicyclic) bond motifs is 1. The molecule has 4 rings (SSSR count). The van der Waals surface area contributed by atoms with Gasteiger partial charge in [0.15, 0.2) is 10.8 Å². The minimum atomic E-state index is -0.114. The minimum Gasteiger partial charge on any atom is -0.309 e. The predicted octanol–water partition coefficient (Wildman–Crippen LogP) is 1.40.